The predicted molar refractivity (Wildman–Crippen MR) is 70.6 cm³/mol. The van der Waals surface area contributed by atoms with Crippen molar-refractivity contribution < 1.29 is 17.9 Å². The van der Waals surface area contributed by atoms with Crippen molar-refractivity contribution in [2.75, 3.05) is 13.2 Å². The van der Waals surface area contributed by atoms with Crippen molar-refractivity contribution in [1.82, 2.24) is 15.5 Å². The number of carbonyl (C=O) groups is 1. The molecule has 9 heteroatoms. The van der Waals surface area contributed by atoms with E-state index in [1.807, 2.05) is 0 Å². The minimum absolute atomic E-state index is 0.133. The summed E-state index contributed by atoms with van der Waals surface area (Å²) in [5.74, 6) is -0.555. The molecule has 1 saturated heterocycles. The molecule has 1 aliphatic rings. The first kappa shape index (κ1) is 14.9. The number of nitrogens with zero attached hydrogens (tertiary/aromatic N) is 1. The Hall–Kier alpha value is -1.45. The average Bonchev–Trinajstić information content (AvgIpc) is 2.83. The van der Waals surface area contributed by atoms with Gasteiger partial charge < -0.3 is 10.1 Å². The van der Waals surface area contributed by atoms with Crippen LogP contribution in [0.2, 0.25) is 0 Å². The number of hydrogen-bond acceptors (Lipinski definition) is 5. The smallest absolute Gasteiger partial charge is 0.273 e. The van der Waals surface area contributed by atoms with Gasteiger partial charge in [-0.05, 0) is 19.3 Å². The lowest BCUT2D eigenvalue weighted by Gasteiger charge is -2.22. The van der Waals surface area contributed by atoms with E-state index in [4.69, 9.17) is 9.88 Å². The Morgan fingerprint density at radius 3 is 2.90 bits per heavy atom. The number of aryl methyl sites for hydroxylation is 1. The highest BCUT2D eigenvalue weighted by molar-refractivity contribution is 7.89. The third kappa shape index (κ3) is 3.17. The Morgan fingerprint density at radius 2 is 2.35 bits per heavy atom. The van der Waals surface area contributed by atoms with Crippen LogP contribution in [0.25, 0.3) is 0 Å². The van der Waals surface area contributed by atoms with E-state index in [0.29, 0.717) is 25.3 Å². The fraction of sp³-hybridized carbons (Fsp3) is 0.636. The zero-order valence-corrected chi connectivity index (χ0v) is 12.0. The summed E-state index contributed by atoms with van der Waals surface area (Å²) >= 11 is 0. The van der Waals surface area contributed by atoms with E-state index in [-0.39, 0.29) is 16.6 Å². The van der Waals surface area contributed by atoms with E-state index in [9.17, 15) is 13.2 Å². The van der Waals surface area contributed by atoms with Gasteiger partial charge in [-0.2, -0.15) is 5.10 Å². The van der Waals surface area contributed by atoms with E-state index >= 15 is 0 Å². The van der Waals surface area contributed by atoms with Crippen LogP contribution in [-0.2, 0) is 21.2 Å². The predicted octanol–water partition coefficient (Wildman–Crippen LogP) is -0.472. The molecule has 2 heterocycles. The Bertz CT molecular complexity index is 590. The topological polar surface area (TPSA) is 127 Å². The number of aromatic amines is 1. The molecule has 20 heavy (non-hydrogen) atoms. The maximum Gasteiger partial charge on any atom is 0.273 e. The first-order valence-corrected chi connectivity index (χ1v) is 7.96. The lowest BCUT2D eigenvalue weighted by Crippen LogP contribution is -2.41. The first-order valence-electron chi connectivity index (χ1n) is 6.42. The molecule has 8 nitrogen and oxygen atoms in total. The quantitative estimate of drug-likeness (QED) is 0.692. The van der Waals surface area contributed by atoms with E-state index in [2.05, 4.69) is 15.5 Å². The minimum atomic E-state index is -4.00. The molecule has 0 bridgehead atoms. The number of nitrogens with two attached hydrogens (primary N) is 1. The molecule has 0 saturated carbocycles. The third-order valence-electron chi connectivity index (χ3n) is 3.14. The summed E-state index contributed by atoms with van der Waals surface area (Å²) in [7, 11) is -4.00. The van der Waals surface area contributed by atoms with Gasteiger partial charge in [0.05, 0.1) is 18.3 Å². The molecule has 4 N–H and O–H groups in total. The number of sulfonamides is 1. The number of nitrogens with one attached hydrogen (secondary N) is 2. The second kappa shape index (κ2) is 5.90. The first-order chi connectivity index (χ1) is 9.43. The van der Waals surface area contributed by atoms with Crippen molar-refractivity contribution in [1.29, 1.82) is 0 Å². The number of hydrogen-bond donors (Lipinski definition) is 3. The fourth-order valence-corrected chi connectivity index (χ4v) is 3.12. The highest BCUT2D eigenvalue weighted by Crippen LogP contribution is 2.18. The molecular formula is C11H18N4O4S. The molecule has 1 atom stereocenters. The molecule has 0 radical (unpaired) electrons. The maximum absolute atomic E-state index is 12.1. The van der Waals surface area contributed by atoms with Crippen molar-refractivity contribution in [3.05, 3.63) is 11.4 Å². The largest absolute Gasteiger partial charge is 0.379 e. The second-order valence-corrected chi connectivity index (χ2v) is 6.16. The highest BCUT2D eigenvalue weighted by atomic mass is 32.2. The Labute approximate surface area is 117 Å². The lowest BCUT2D eigenvalue weighted by molar-refractivity contribution is 0.0620. The van der Waals surface area contributed by atoms with Gasteiger partial charge in [-0.1, -0.05) is 6.92 Å². The van der Waals surface area contributed by atoms with E-state index < -0.39 is 15.9 Å². The number of carbonyl (C=O) groups excluding carboxylic acids is 1. The summed E-state index contributed by atoms with van der Waals surface area (Å²) < 4.78 is 28.5. The van der Waals surface area contributed by atoms with Crippen LogP contribution in [0.4, 0.5) is 0 Å². The van der Waals surface area contributed by atoms with E-state index in [1.54, 1.807) is 6.92 Å². The van der Waals surface area contributed by atoms with Crippen molar-refractivity contribution in [2.45, 2.75) is 37.1 Å². The SMILES string of the molecule is CCc1[nH]nc(C(=O)NC2CCCOC2)c1S(N)(=O)=O. The zero-order valence-electron chi connectivity index (χ0n) is 11.2. The Balaban J connectivity index is 2.23. The van der Waals surface area contributed by atoms with Gasteiger partial charge in [-0.3, -0.25) is 9.89 Å². The van der Waals surface area contributed by atoms with Gasteiger partial charge >= 0.3 is 0 Å². The number of primary sulfonamides is 1. The molecule has 0 aromatic carbocycles. The van der Waals surface area contributed by atoms with Crippen LogP contribution in [-0.4, -0.2) is 43.8 Å². The second-order valence-electron chi connectivity index (χ2n) is 4.67. The molecule has 112 valence electrons. The van der Waals surface area contributed by atoms with Gasteiger partial charge in [-0.15, -0.1) is 0 Å². The van der Waals surface area contributed by atoms with Crippen molar-refractivity contribution in [2.24, 2.45) is 5.14 Å². The van der Waals surface area contributed by atoms with Gasteiger partial charge in [0, 0.05) is 6.61 Å². The number of ether oxygens (including phenoxy) is 1. The molecule has 1 aromatic rings. The molecule has 2 rings (SSSR count). The van der Waals surface area contributed by atoms with Crippen LogP contribution in [0, 0.1) is 0 Å². The number of H-pyrrole nitrogens is 1. The summed E-state index contributed by atoms with van der Waals surface area (Å²) in [4.78, 5) is 11.9. The summed E-state index contributed by atoms with van der Waals surface area (Å²) in [6.07, 6.45) is 2.04. The zero-order chi connectivity index (χ0) is 14.8. The van der Waals surface area contributed by atoms with Crippen LogP contribution in [0.3, 0.4) is 0 Å². The fourth-order valence-electron chi connectivity index (χ4n) is 2.18. The highest BCUT2D eigenvalue weighted by Gasteiger charge is 2.28. The number of aromatic nitrogens is 2. The van der Waals surface area contributed by atoms with Crippen LogP contribution in [0.15, 0.2) is 4.90 Å². The molecule has 1 aromatic heterocycles. The molecule has 0 spiro atoms. The monoisotopic (exact) mass is 302 g/mol. The van der Waals surface area contributed by atoms with Gasteiger partial charge in [0.25, 0.3) is 5.91 Å². The number of amides is 1. The van der Waals surface area contributed by atoms with Crippen molar-refractivity contribution >= 4 is 15.9 Å². The van der Waals surface area contributed by atoms with Crippen LogP contribution >= 0.6 is 0 Å². The standard InChI is InChI=1S/C11H18N4O4S/c1-2-8-10(20(12,17)18)9(15-14-8)11(16)13-7-4-3-5-19-6-7/h7H,2-6H2,1H3,(H,13,16)(H,14,15)(H2,12,17,18). The lowest BCUT2D eigenvalue weighted by atomic mass is 10.1. The Kier molecular flexibility index (Phi) is 4.41. The minimum Gasteiger partial charge on any atom is -0.379 e. The molecule has 1 amide bonds. The van der Waals surface area contributed by atoms with E-state index in [0.717, 1.165) is 12.8 Å². The summed E-state index contributed by atoms with van der Waals surface area (Å²) in [6, 6.07) is -0.133. The molecule has 1 unspecified atom stereocenters. The average molecular weight is 302 g/mol. The van der Waals surface area contributed by atoms with Crippen LogP contribution < -0.4 is 10.5 Å². The van der Waals surface area contributed by atoms with Crippen LogP contribution in [0.1, 0.15) is 35.9 Å². The van der Waals surface area contributed by atoms with Gasteiger partial charge in [0.2, 0.25) is 10.0 Å². The molecule has 1 fully saturated rings. The summed E-state index contributed by atoms with van der Waals surface area (Å²) in [5, 5.41) is 14.2. The van der Waals surface area contributed by atoms with Gasteiger partial charge in [0.15, 0.2) is 5.69 Å². The molecule has 0 aliphatic carbocycles. The Morgan fingerprint density at radius 1 is 1.60 bits per heavy atom. The van der Waals surface area contributed by atoms with Crippen molar-refractivity contribution in [3.8, 4) is 0 Å². The van der Waals surface area contributed by atoms with Gasteiger partial charge in [-0.25, -0.2) is 13.6 Å². The van der Waals surface area contributed by atoms with Crippen LogP contribution in [0.5, 0.6) is 0 Å². The number of rotatable bonds is 4. The molecule has 1 aliphatic heterocycles. The van der Waals surface area contributed by atoms with Crippen molar-refractivity contribution in [3.63, 3.8) is 0 Å². The third-order valence-corrected chi connectivity index (χ3v) is 4.15. The molecular weight excluding hydrogens is 284 g/mol. The van der Waals surface area contributed by atoms with E-state index in [1.165, 1.54) is 0 Å². The normalized spacial score (nSPS) is 19.8. The summed E-state index contributed by atoms with van der Waals surface area (Å²) in [5.41, 5.74) is 0.146. The summed E-state index contributed by atoms with van der Waals surface area (Å²) in [6.45, 7) is 2.84. The maximum atomic E-state index is 12.1. The van der Waals surface area contributed by atoms with Gasteiger partial charge in [0.1, 0.15) is 4.90 Å².